The van der Waals surface area contributed by atoms with E-state index in [1.807, 2.05) is 25.5 Å². The maximum Gasteiger partial charge on any atom is 0.0530 e. The first-order valence-electron chi connectivity index (χ1n) is 6.54. The molecular formula is C15H20N4. The van der Waals surface area contributed by atoms with Gasteiger partial charge in [0, 0.05) is 30.7 Å². The molecular weight excluding hydrogens is 236 g/mol. The maximum atomic E-state index is 5.65. The van der Waals surface area contributed by atoms with Crippen LogP contribution in [-0.4, -0.2) is 9.97 Å². The minimum atomic E-state index is 0.0346. The number of aryl methyl sites for hydroxylation is 2. The fraction of sp³-hybridized carbons (Fsp3) is 0.333. The second kappa shape index (κ2) is 6.41. The number of hydrazine groups is 1. The summed E-state index contributed by atoms with van der Waals surface area (Å²) in [5, 5.41) is 0. The summed E-state index contributed by atoms with van der Waals surface area (Å²) in [6.45, 7) is 4.15. The van der Waals surface area contributed by atoms with Crippen LogP contribution in [-0.2, 0) is 12.8 Å². The average molecular weight is 256 g/mol. The number of pyridine rings is 2. The van der Waals surface area contributed by atoms with E-state index in [1.54, 1.807) is 0 Å². The average Bonchev–Trinajstić information content (AvgIpc) is 2.45. The monoisotopic (exact) mass is 256 g/mol. The Morgan fingerprint density at radius 1 is 1.26 bits per heavy atom. The molecule has 0 bridgehead atoms. The van der Waals surface area contributed by atoms with Gasteiger partial charge in [0.15, 0.2) is 0 Å². The molecule has 0 radical (unpaired) electrons. The summed E-state index contributed by atoms with van der Waals surface area (Å²) in [7, 11) is 0. The van der Waals surface area contributed by atoms with Gasteiger partial charge in [-0.25, -0.2) is 0 Å². The first kappa shape index (κ1) is 13.6. The largest absolute Gasteiger partial charge is 0.271 e. The summed E-state index contributed by atoms with van der Waals surface area (Å²) in [6, 6.07) is 6.31. The topological polar surface area (TPSA) is 63.8 Å². The summed E-state index contributed by atoms with van der Waals surface area (Å²) in [5.74, 6) is 5.65. The Bertz CT molecular complexity index is 522. The molecule has 2 heterocycles. The van der Waals surface area contributed by atoms with Crippen LogP contribution in [0.5, 0.6) is 0 Å². The van der Waals surface area contributed by atoms with Gasteiger partial charge in [-0.05, 0) is 36.1 Å². The zero-order valence-corrected chi connectivity index (χ0v) is 11.4. The Kier molecular flexibility index (Phi) is 4.60. The van der Waals surface area contributed by atoms with Crippen LogP contribution >= 0.6 is 0 Å². The number of rotatable bonds is 5. The van der Waals surface area contributed by atoms with Gasteiger partial charge in [0.25, 0.3) is 0 Å². The Morgan fingerprint density at radius 2 is 2.11 bits per heavy atom. The highest BCUT2D eigenvalue weighted by Gasteiger charge is 2.11. The molecule has 0 aliphatic rings. The third-order valence-corrected chi connectivity index (χ3v) is 3.21. The first-order chi connectivity index (χ1) is 9.22. The van der Waals surface area contributed by atoms with Crippen molar-refractivity contribution in [1.29, 1.82) is 0 Å². The van der Waals surface area contributed by atoms with Gasteiger partial charge in [-0.15, -0.1) is 0 Å². The van der Waals surface area contributed by atoms with Crippen LogP contribution in [0, 0.1) is 6.92 Å². The minimum Gasteiger partial charge on any atom is -0.271 e. The summed E-state index contributed by atoms with van der Waals surface area (Å²) in [4.78, 5) is 8.68. The van der Waals surface area contributed by atoms with Gasteiger partial charge in [0.05, 0.1) is 6.04 Å². The first-order valence-corrected chi connectivity index (χ1v) is 6.54. The third kappa shape index (κ3) is 3.59. The molecule has 0 aromatic carbocycles. The highest BCUT2D eigenvalue weighted by atomic mass is 15.2. The standard InChI is InChI=1S/C15H20N4/c1-3-12-4-5-14(18-9-12)7-15(19-16)13-6-11(2)8-17-10-13/h4-6,8-10,15,19H,3,7,16H2,1-2H3. The molecule has 0 aliphatic heterocycles. The zero-order valence-electron chi connectivity index (χ0n) is 11.4. The van der Waals surface area contributed by atoms with E-state index in [2.05, 4.69) is 40.5 Å². The normalized spacial score (nSPS) is 12.4. The van der Waals surface area contributed by atoms with Crippen LogP contribution < -0.4 is 11.3 Å². The number of nitrogens with one attached hydrogen (secondary N) is 1. The van der Waals surface area contributed by atoms with E-state index in [0.717, 1.165) is 29.7 Å². The third-order valence-electron chi connectivity index (χ3n) is 3.21. The quantitative estimate of drug-likeness (QED) is 0.635. The Balaban J connectivity index is 2.14. The smallest absolute Gasteiger partial charge is 0.0530 e. The van der Waals surface area contributed by atoms with Crippen LogP contribution in [0.2, 0.25) is 0 Å². The molecule has 0 spiro atoms. The van der Waals surface area contributed by atoms with Crippen molar-refractivity contribution in [3.05, 3.63) is 59.2 Å². The van der Waals surface area contributed by atoms with Gasteiger partial charge in [-0.1, -0.05) is 19.1 Å². The minimum absolute atomic E-state index is 0.0346. The molecule has 1 atom stereocenters. The van der Waals surface area contributed by atoms with Crippen molar-refractivity contribution in [2.75, 3.05) is 0 Å². The van der Waals surface area contributed by atoms with Gasteiger partial charge in [-0.2, -0.15) is 0 Å². The number of aromatic nitrogens is 2. The van der Waals surface area contributed by atoms with E-state index >= 15 is 0 Å². The molecule has 2 rings (SSSR count). The summed E-state index contributed by atoms with van der Waals surface area (Å²) >= 11 is 0. The number of nitrogens with zero attached hydrogens (tertiary/aromatic N) is 2. The summed E-state index contributed by atoms with van der Waals surface area (Å²) < 4.78 is 0. The second-order valence-corrected chi connectivity index (χ2v) is 4.73. The molecule has 3 N–H and O–H groups in total. The summed E-state index contributed by atoms with van der Waals surface area (Å²) in [6.07, 6.45) is 7.37. The van der Waals surface area contributed by atoms with E-state index in [1.165, 1.54) is 5.56 Å². The molecule has 2 aromatic rings. The molecule has 2 aromatic heterocycles. The molecule has 1 unspecified atom stereocenters. The molecule has 100 valence electrons. The predicted molar refractivity (Wildman–Crippen MR) is 76.4 cm³/mol. The lowest BCUT2D eigenvalue weighted by Crippen LogP contribution is -2.30. The highest BCUT2D eigenvalue weighted by molar-refractivity contribution is 5.22. The molecule has 0 saturated heterocycles. The molecule has 4 nitrogen and oxygen atoms in total. The van der Waals surface area contributed by atoms with E-state index in [4.69, 9.17) is 5.84 Å². The summed E-state index contributed by atoms with van der Waals surface area (Å²) in [5.41, 5.74) is 7.34. The lowest BCUT2D eigenvalue weighted by molar-refractivity contribution is 0.544. The van der Waals surface area contributed by atoms with Crippen molar-refractivity contribution in [1.82, 2.24) is 15.4 Å². The van der Waals surface area contributed by atoms with E-state index in [0.29, 0.717) is 0 Å². The molecule has 0 aliphatic carbocycles. The van der Waals surface area contributed by atoms with Crippen molar-refractivity contribution in [2.24, 2.45) is 5.84 Å². The Labute approximate surface area is 114 Å². The van der Waals surface area contributed by atoms with Crippen molar-refractivity contribution in [3.8, 4) is 0 Å². The van der Waals surface area contributed by atoms with Crippen molar-refractivity contribution < 1.29 is 0 Å². The van der Waals surface area contributed by atoms with E-state index in [-0.39, 0.29) is 6.04 Å². The van der Waals surface area contributed by atoms with Gasteiger partial charge in [-0.3, -0.25) is 21.2 Å². The molecule has 0 fully saturated rings. The Hall–Kier alpha value is -1.78. The van der Waals surface area contributed by atoms with Crippen molar-refractivity contribution >= 4 is 0 Å². The molecule has 19 heavy (non-hydrogen) atoms. The molecule has 0 amide bonds. The van der Waals surface area contributed by atoms with E-state index < -0.39 is 0 Å². The zero-order chi connectivity index (χ0) is 13.7. The fourth-order valence-electron chi connectivity index (χ4n) is 2.04. The highest BCUT2D eigenvalue weighted by Crippen LogP contribution is 2.17. The number of nitrogens with two attached hydrogens (primary N) is 1. The van der Waals surface area contributed by atoms with E-state index in [9.17, 15) is 0 Å². The Morgan fingerprint density at radius 3 is 2.68 bits per heavy atom. The molecule has 4 heteroatoms. The lowest BCUT2D eigenvalue weighted by Gasteiger charge is -2.16. The van der Waals surface area contributed by atoms with Crippen LogP contribution in [0.4, 0.5) is 0 Å². The van der Waals surface area contributed by atoms with Crippen LogP contribution in [0.1, 0.15) is 35.3 Å². The predicted octanol–water partition coefficient (Wildman–Crippen LogP) is 2.09. The van der Waals surface area contributed by atoms with Gasteiger partial charge < -0.3 is 0 Å². The van der Waals surface area contributed by atoms with Crippen LogP contribution in [0.15, 0.2) is 36.8 Å². The van der Waals surface area contributed by atoms with Crippen LogP contribution in [0.3, 0.4) is 0 Å². The van der Waals surface area contributed by atoms with Gasteiger partial charge in [0.2, 0.25) is 0 Å². The SMILES string of the molecule is CCc1ccc(CC(NN)c2cncc(C)c2)nc1. The molecule has 0 saturated carbocycles. The van der Waals surface area contributed by atoms with Crippen molar-refractivity contribution in [3.63, 3.8) is 0 Å². The van der Waals surface area contributed by atoms with Crippen molar-refractivity contribution in [2.45, 2.75) is 32.7 Å². The fourth-order valence-corrected chi connectivity index (χ4v) is 2.04. The van der Waals surface area contributed by atoms with Crippen LogP contribution in [0.25, 0.3) is 0 Å². The number of hydrogen-bond acceptors (Lipinski definition) is 4. The van der Waals surface area contributed by atoms with Gasteiger partial charge >= 0.3 is 0 Å². The number of hydrogen-bond donors (Lipinski definition) is 2. The maximum absolute atomic E-state index is 5.65. The second-order valence-electron chi connectivity index (χ2n) is 4.73. The van der Waals surface area contributed by atoms with Gasteiger partial charge in [0.1, 0.15) is 0 Å². The lowest BCUT2D eigenvalue weighted by atomic mass is 10.0.